The van der Waals surface area contributed by atoms with Gasteiger partial charge in [-0.15, -0.1) is 5.75 Å². The second-order valence-corrected chi connectivity index (χ2v) is 5.01. The lowest BCUT2D eigenvalue weighted by Gasteiger charge is -2.13. The molecule has 2 aromatic carbocycles. The number of hydrogen-bond acceptors (Lipinski definition) is 6. The summed E-state index contributed by atoms with van der Waals surface area (Å²) in [6, 6.07) is 10.0. The van der Waals surface area contributed by atoms with E-state index in [4.69, 9.17) is 18.7 Å². The van der Waals surface area contributed by atoms with E-state index >= 15 is 0 Å². The molecule has 0 amide bonds. The second kappa shape index (κ2) is 6.54. The number of hydrogen-bond donors (Lipinski definition) is 0. The van der Waals surface area contributed by atoms with Crippen LogP contribution in [-0.4, -0.2) is 26.5 Å². The Hall–Kier alpha value is -3.15. The third-order valence-corrected chi connectivity index (χ3v) is 3.66. The number of ether oxygens (including phenoxy) is 3. The van der Waals surface area contributed by atoms with E-state index in [2.05, 4.69) is 5.16 Å². The molecule has 1 heterocycles. The Morgan fingerprint density at radius 1 is 0.875 bits per heavy atom. The first-order chi connectivity index (χ1) is 11.7. The number of rotatable bonds is 5. The summed E-state index contributed by atoms with van der Waals surface area (Å²) in [5, 5.41) is 15.2. The minimum atomic E-state index is -0.0514. The molecule has 24 heavy (non-hydrogen) atoms. The molecule has 0 saturated heterocycles. The molecule has 6 nitrogen and oxygen atoms in total. The average molecular weight is 326 g/mol. The summed E-state index contributed by atoms with van der Waals surface area (Å²) < 4.78 is 21.5. The van der Waals surface area contributed by atoms with Gasteiger partial charge in [-0.2, -0.15) is 0 Å². The van der Waals surface area contributed by atoms with Gasteiger partial charge in [-0.25, -0.2) is 0 Å². The fourth-order valence-electron chi connectivity index (χ4n) is 2.50. The smallest absolute Gasteiger partial charge is 0.203 e. The molecule has 0 N–H and O–H groups in total. The molecule has 3 aromatic rings. The molecule has 0 bridgehead atoms. The summed E-state index contributed by atoms with van der Waals surface area (Å²) >= 11 is 0. The molecule has 3 rings (SSSR count). The zero-order valence-corrected chi connectivity index (χ0v) is 13.5. The van der Waals surface area contributed by atoms with Crippen LogP contribution in [0.3, 0.4) is 0 Å². The Morgan fingerprint density at radius 2 is 1.50 bits per heavy atom. The van der Waals surface area contributed by atoms with E-state index in [0.717, 1.165) is 16.7 Å². The molecular weight excluding hydrogens is 310 g/mol. The number of methoxy groups -OCH3 is 3. The van der Waals surface area contributed by atoms with E-state index in [1.54, 1.807) is 51.8 Å². The maximum Gasteiger partial charge on any atom is 0.203 e. The molecule has 0 saturated carbocycles. The van der Waals surface area contributed by atoms with E-state index in [9.17, 15) is 5.11 Å². The van der Waals surface area contributed by atoms with Crippen LogP contribution in [0, 0.1) is 0 Å². The number of aromatic nitrogens is 1. The van der Waals surface area contributed by atoms with Crippen LogP contribution in [0.15, 0.2) is 47.1 Å². The van der Waals surface area contributed by atoms with E-state index in [-0.39, 0.29) is 5.75 Å². The summed E-state index contributed by atoms with van der Waals surface area (Å²) in [6.45, 7) is 0. The van der Waals surface area contributed by atoms with Gasteiger partial charge in [-0.05, 0) is 17.7 Å². The highest BCUT2D eigenvalue weighted by atomic mass is 16.5. The van der Waals surface area contributed by atoms with Gasteiger partial charge in [0, 0.05) is 11.1 Å². The van der Waals surface area contributed by atoms with Gasteiger partial charge in [0.05, 0.1) is 27.5 Å². The first-order valence-corrected chi connectivity index (χ1v) is 7.20. The van der Waals surface area contributed by atoms with Gasteiger partial charge >= 0.3 is 0 Å². The van der Waals surface area contributed by atoms with Crippen molar-refractivity contribution in [3.63, 3.8) is 0 Å². The Balaban J connectivity index is 2.14. The zero-order chi connectivity index (χ0) is 17.1. The summed E-state index contributed by atoms with van der Waals surface area (Å²) in [6.07, 6.45) is 1.61. The number of benzene rings is 2. The lowest BCUT2D eigenvalue weighted by atomic mass is 10.0. The predicted molar refractivity (Wildman–Crippen MR) is 86.5 cm³/mol. The minimum absolute atomic E-state index is 0.0514. The highest BCUT2D eigenvalue weighted by Crippen LogP contribution is 2.43. The van der Waals surface area contributed by atoms with Crippen molar-refractivity contribution in [1.82, 2.24) is 5.16 Å². The van der Waals surface area contributed by atoms with E-state index < -0.39 is 0 Å². The molecule has 0 aliphatic heterocycles. The molecule has 0 atom stereocenters. The van der Waals surface area contributed by atoms with Crippen LogP contribution >= 0.6 is 0 Å². The van der Waals surface area contributed by atoms with Gasteiger partial charge < -0.3 is 23.8 Å². The van der Waals surface area contributed by atoms with Crippen molar-refractivity contribution in [2.75, 3.05) is 21.3 Å². The molecule has 0 radical (unpaired) electrons. The van der Waals surface area contributed by atoms with Crippen LogP contribution in [0.1, 0.15) is 0 Å². The van der Waals surface area contributed by atoms with Gasteiger partial charge in [-0.3, -0.25) is 0 Å². The SMILES string of the molecule is COc1cc(-c2oncc2-c2ccc([O-])cc2)cc(OC)c1OC. The van der Waals surface area contributed by atoms with Crippen LogP contribution in [0.2, 0.25) is 0 Å². The molecular formula is C18H16NO5-. The standard InChI is InChI=1S/C18H17NO5/c1-21-15-8-12(9-16(22-2)18(15)23-3)17-14(10-19-24-17)11-4-6-13(20)7-5-11/h4-10,20H,1-3H3/p-1. The van der Waals surface area contributed by atoms with Crippen molar-refractivity contribution in [3.8, 4) is 45.4 Å². The maximum atomic E-state index is 11.3. The summed E-state index contributed by atoms with van der Waals surface area (Å²) in [5.74, 6) is 2.03. The maximum absolute atomic E-state index is 11.3. The van der Waals surface area contributed by atoms with Gasteiger partial charge in [0.15, 0.2) is 17.3 Å². The largest absolute Gasteiger partial charge is 0.872 e. The minimum Gasteiger partial charge on any atom is -0.872 e. The topological polar surface area (TPSA) is 76.8 Å². The summed E-state index contributed by atoms with van der Waals surface area (Å²) in [5.41, 5.74) is 2.33. The monoisotopic (exact) mass is 326 g/mol. The molecule has 0 aliphatic rings. The van der Waals surface area contributed by atoms with Gasteiger partial charge in [0.2, 0.25) is 5.75 Å². The quantitative estimate of drug-likeness (QED) is 0.717. The Kier molecular flexibility index (Phi) is 4.29. The van der Waals surface area contributed by atoms with Gasteiger partial charge in [-0.1, -0.05) is 29.4 Å². The van der Waals surface area contributed by atoms with E-state index in [1.807, 2.05) is 0 Å². The van der Waals surface area contributed by atoms with Crippen molar-refractivity contribution in [3.05, 3.63) is 42.6 Å². The van der Waals surface area contributed by atoms with Crippen LogP contribution in [0.5, 0.6) is 23.0 Å². The van der Waals surface area contributed by atoms with E-state index in [0.29, 0.717) is 23.0 Å². The zero-order valence-electron chi connectivity index (χ0n) is 13.5. The molecule has 0 aliphatic carbocycles. The number of nitrogens with zero attached hydrogens (tertiary/aromatic N) is 1. The van der Waals surface area contributed by atoms with Crippen molar-refractivity contribution < 1.29 is 23.8 Å². The summed E-state index contributed by atoms with van der Waals surface area (Å²) in [7, 11) is 4.65. The molecule has 124 valence electrons. The fourth-order valence-corrected chi connectivity index (χ4v) is 2.50. The third kappa shape index (κ3) is 2.74. The normalized spacial score (nSPS) is 10.5. The predicted octanol–water partition coefficient (Wildman–Crippen LogP) is 3.11. The Labute approximate surface area is 139 Å². The first kappa shape index (κ1) is 15.7. The highest BCUT2D eigenvalue weighted by Gasteiger charge is 2.19. The molecule has 1 aromatic heterocycles. The molecule has 0 fully saturated rings. The van der Waals surface area contributed by atoms with Crippen LogP contribution in [0.4, 0.5) is 0 Å². The molecule has 0 unspecified atom stereocenters. The van der Waals surface area contributed by atoms with Gasteiger partial charge in [0.1, 0.15) is 0 Å². The first-order valence-electron chi connectivity index (χ1n) is 7.20. The fraction of sp³-hybridized carbons (Fsp3) is 0.167. The van der Waals surface area contributed by atoms with Crippen molar-refractivity contribution in [1.29, 1.82) is 0 Å². The molecule has 6 heteroatoms. The van der Waals surface area contributed by atoms with Crippen LogP contribution in [-0.2, 0) is 0 Å². The molecule has 0 spiro atoms. The van der Waals surface area contributed by atoms with E-state index in [1.165, 1.54) is 12.1 Å². The lowest BCUT2D eigenvalue weighted by molar-refractivity contribution is -0.268. The van der Waals surface area contributed by atoms with Crippen LogP contribution in [0.25, 0.3) is 22.5 Å². The lowest BCUT2D eigenvalue weighted by Crippen LogP contribution is -1.95. The van der Waals surface area contributed by atoms with Crippen molar-refractivity contribution in [2.45, 2.75) is 0 Å². The van der Waals surface area contributed by atoms with Gasteiger partial charge in [0.25, 0.3) is 0 Å². The average Bonchev–Trinajstić information content (AvgIpc) is 3.10. The Morgan fingerprint density at radius 3 is 2.04 bits per heavy atom. The second-order valence-electron chi connectivity index (χ2n) is 5.01. The third-order valence-electron chi connectivity index (χ3n) is 3.66. The van der Waals surface area contributed by atoms with Crippen LogP contribution < -0.4 is 19.3 Å². The summed E-state index contributed by atoms with van der Waals surface area (Å²) in [4.78, 5) is 0. The van der Waals surface area contributed by atoms with Crippen molar-refractivity contribution in [2.24, 2.45) is 0 Å². The Bertz CT molecular complexity index is 814. The highest BCUT2D eigenvalue weighted by molar-refractivity contribution is 5.81. The van der Waals surface area contributed by atoms with Crippen molar-refractivity contribution >= 4 is 0 Å².